The second kappa shape index (κ2) is 6.25. The van der Waals surface area contributed by atoms with Crippen LogP contribution in [-0.4, -0.2) is 57.6 Å². The molecule has 2 aromatic rings. The molecule has 120 valence electrons. The molecule has 7 heteroatoms. The van der Waals surface area contributed by atoms with Crippen molar-refractivity contribution in [3.8, 4) is 0 Å². The third-order valence-corrected chi connectivity index (χ3v) is 5.14. The van der Waals surface area contributed by atoms with Crippen LogP contribution in [0.5, 0.6) is 0 Å². The van der Waals surface area contributed by atoms with Crippen molar-refractivity contribution in [3.05, 3.63) is 46.7 Å². The van der Waals surface area contributed by atoms with Gasteiger partial charge in [0.05, 0.1) is 12.6 Å². The monoisotopic (exact) mass is 330 g/mol. The van der Waals surface area contributed by atoms with Gasteiger partial charge in [0.15, 0.2) is 0 Å². The van der Waals surface area contributed by atoms with Crippen LogP contribution in [0.1, 0.15) is 10.7 Å². The average Bonchev–Trinajstić information content (AvgIpc) is 3.25. The highest BCUT2D eigenvalue weighted by molar-refractivity contribution is 7.09. The number of aromatic nitrogens is 2. The maximum absolute atomic E-state index is 12.1. The van der Waals surface area contributed by atoms with Gasteiger partial charge in [0.2, 0.25) is 0 Å². The fourth-order valence-electron chi connectivity index (χ4n) is 3.27. The zero-order valence-corrected chi connectivity index (χ0v) is 13.5. The molecule has 2 aromatic heterocycles. The van der Waals surface area contributed by atoms with Crippen LogP contribution in [-0.2, 0) is 17.7 Å². The quantitative estimate of drug-likeness (QED) is 0.836. The van der Waals surface area contributed by atoms with Crippen LogP contribution in [0.4, 0.5) is 4.79 Å². The first-order valence-electron chi connectivity index (χ1n) is 7.77. The number of pyridine rings is 1. The van der Waals surface area contributed by atoms with Crippen molar-refractivity contribution < 1.29 is 9.53 Å². The van der Waals surface area contributed by atoms with Crippen molar-refractivity contribution in [2.75, 3.05) is 19.6 Å². The summed E-state index contributed by atoms with van der Waals surface area (Å²) < 4.78 is 5.54. The fraction of sp³-hybridized carbons (Fsp3) is 0.438. The van der Waals surface area contributed by atoms with E-state index in [2.05, 4.69) is 14.9 Å². The lowest BCUT2D eigenvalue weighted by atomic mass is 10.2. The van der Waals surface area contributed by atoms with Crippen LogP contribution < -0.4 is 0 Å². The Morgan fingerprint density at radius 2 is 2.22 bits per heavy atom. The van der Waals surface area contributed by atoms with Crippen molar-refractivity contribution in [1.29, 1.82) is 0 Å². The molecule has 6 nitrogen and oxygen atoms in total. The Labute approximate surface area is 138 Å². The number of thiazole rings is 1. The van der Waals surface area contributed by atoms with Gasteiger partial charge in [0.1, 0.15) is 11.1 Å². The second-order valence-corrected chi connectivity index (χ2v) is 6.85. The van der Waals surface area contributed by atoms with Gasteiger partial charge >= 0.3 is 6.09 Å². The third-order valence-electron chi connectivity index (χ3n) is 4.38. The zero-order valence-electron chi connectivity index (χ0n) is 12.7. The molecule has 0 saturated carbocycles. The topological polar surface area (TPSA) is 58.6 Å². The van der Waals surface area contributed by atoms with Crippen molar-refractivity contribution in [2.24, 2.45) is 0 Å². The minimum absolute atomic E-state index is 0.0220. The molecule has 2 aliphatic heterocycles. The van der Waals surface area contributed by atoms with E-state index in [0.29, 0.717) is 6.54 Å². The van der Waals surface area contributed by atoms with E-state index in [1.807, 2.05) is 34.7 Å². The number of nitrogens with zero attached hydrogens (tertiary/aromatic N) is 4. The zero-order chi connectivity index (χ0) is 15.6. The highest BCUT2D eigenvalue weighted by atomic mass is 32.1. The molecule has 23 heavy (non-hydrogen) atoms. The van der Waals surface area contributed by atoms with Crippen LogP contribution in [0.15, 0.2) is 36.0 Å². The second-order valence-electron chi connectivity index (χ2n) is 5.87. The Morgan fingerprint density at radius 1 is 1.26 bits per heavy atom. The molecule has 0 aliphatic carbocycles. The number of amides is 1. The smallest absolute Gasteiger partial charge is 0.410 e. The molecular weight excluding hydrogens is 312 g/mol. The molecule has 0 aromatic carbocycles. The molecule has 0 bridgehead atoms. The molecule has 2 fully saturated rings. The Hall–Kier alpha value is -1.99. The first kappa shape index (κ1) is 14.6. The maximum Gasteiger partial charge on any atom is 0.410 e. The van der Waals surface area contributed by atoms with Crippen LogP contribution in [0.25, 0.3) is 0 Å². The van der Waals surface area contributed by atoms with Crippen LogP contribution >= 0.6 is 11.3 Å². The highest BCUT2D eigenvalue weighted by Gasteiger charge is 2.47. The van der Waals surface area contributed by atoms with E-state index in [0.717, 1.165) is 36.8 Å². The summed E-state index contributed by atoms with van der Waals surface area (Å²) in [5, 5.41) is 3.10. The molecule has 4 rings (SSSR count). The number of hydrogen-bond donors (Lipinski definition) is 0. The minimum Gasteiger partial charge on any atom is -0.442 e. The Kier molecular flexibility index (Phi) is 3.97. The normalized spacial score (nSPS) is 24.0. The van der Waals surface area contributed by atoms with Gasteiger partial charge in [-0.2, -0.15) is 0 Å². The minimum atomic E-state index is -0.190. The summed E-state index contributed by atoms with van der Waals surface area (Å²) in [6.45, 7) is 3.12. The molecule has 2 atom stereocenters. The lowest BCUT2D eigenvalue weighted by Crippen LogP contribution is -2.39. The summed E-state index contributed by atoms with van der Waals surface area (Å²) in [7, 11) is 0. The summed E-state index contributed by atoms with van der Waals surface area (Å²) in [5.74, 6) is 0. The first-order chi connectivity index (χ1) is 11.3. The van der Waals surface area contributed by atoms with E-state index in [9.17, 15) is 4.79 Å². The van der Waals surface area contributed by atoms with Gasteiger partial charge in [-0.05, 0) is 12.1 Å². The van der Waals surface area contributed by atoms with Crippen LogP contribution in [0.3, 0.4) is 0 Å². The predicted octanol–water partition coefficient (Wildman–Crippen LogP) is 1.79. The fourth-order valence-corrected chi connectivity index (χ4v) is 3.93. The number of fused-ring (bicyclic) bond motifs is 1. The van der Waals surface area contributed by atoms with Crippen molar-refractivity contribution in [3.63, 3.8) is 0 Å². The lowest BCUT2D eigenvalue weighted by molar-refractivity contribution is 0.120. The van der Waals surface area contributed by atoms with E-state index in [1.54, 1.807) is 17.5 Å². The summed E-state index contributed by atoms with van der Waals surface area (Å²) >= 11 is 1.66. The van der Waals surface area contributed by atoms with E-state index < -0.39 is 0 Å². The Bertz CT molecular complexity index is 664. The van der Waals surface area contributed by atoms with Crippen LogP contribution in [0, 0.1) is 0 Å². The van der Waals surface area contributed by atoms with Crippen molar-refractivity contribution in [1.82, 2.24) is 19.8 Å². The summed E-state index contributed by atoms with van der Waals surface area (Å²) in [5.41, 5.74) is 1.00. The number of carbonyl (C=O) groups excluding carboxylic acids is 1. The lowest BCUT2D eigenvalue weighted by Gasteiger charge is -2.21. The van der Waals surface area contributed by atoms with E-state index in [1.165, 1.54) is 0 Å². The van der Waals surface area contributed by atoms with Gasteiger partial charge in [0.25, 0.3) is 0 Å². The van der Waals surface area contributed by atoms with Gasteiger partial charge in [-0.3, -0.25) is 14.8 Å². The largest absolute Gasteiger partial charge is 0.442 e. The predicted molar refractivity (Wildman–Crippen MR) is 86.1 cm³/mol. The number of rotatable bonds is 5. The summed E-state index contributed by atoms with van der Waals surface area (Å²) in [4.78, 5) is 24.9. The van der Waals surface area contributed by atoms with Gasteiger partial charge in [-0.25, -0.2) is 9.78 Å². The number of likely N-dealkylation sites (tertiary alicyclic amines) is 1. The number of hydrogen-bond acceptors (Lipinski definition) is 6. The van der Waals surface area contributed by atoms with Gasteiger partial charge in [-0.1, -0.05) is 6.07 Å². The molecule has 0 N–H and O–H groups in total. The van der Waals surface area contributed by atoms with Crippen LogP contribution in [0.2, 0.25) is 0 Å². The van der Waals surface area contributed by atoms with E-state index >= 15 is 0 Å². The standard InChI is InChI=1S/C16H18N4O2S/c21-16-20(7-4-12-3-1-2-5-17-12)13-9-19(10-14(13)22-16)11-15-18-6-8-23-15/h1-3,5-6,8,13-14H,4,7,9-11H2/t13-,14+/m0/s1. The first-order valence-corrected chi connectivity index (χ1v) is 8.65. The average molecular weight is 330 g/mol. The molecule has 0 radical (unpaired) electrons. The number of ether oxygens (including phenoxy) is 1. The SMILES string of the molecule is O=C1O[C@@H]2CN(Cc3nccs3)C[C@@H]2N1CCc1ccccn1. The third kappa shape index (κ3) is 3.07. The number of carbonyl (C=O) groups is 1. The molecular formula is C16H18N4O2S. The van der Waals surface area contributed by atoms with Gasteiger partial charge in [-0.15, -0.1) is 11.3 Å². The highest BCUT2D eigenvalue weighted by Crippen LogP contribution is 2.28. The molecule has 0 spiro atoms. The molecule has 2 aliphatic rings. The summed E-state index contributed by atoms with van der Waals surface area (Å²) in [6.07, 6.45) is 4.16. The Morgan fingerprint density at radius 3 is 3.00 bits per heavy atom. The van der Waals surface area contributed by atoms with Crippen molar-refractivity contribution >= 4 is 17.4 Å². The molecule has 1 amide bonds. The molecule has 2 saturated heterocycles. The van der Waals surface area contributed by atoms with Gasteiger partial charge < -0.3 is 4.74 Å². The summed E-state index contributed by atoms with van der Waals surface area (Å²) in [6, 6.07) is 6.00. The molecule has 0 unspecified atom stereocenters. The molecule has 4 heterocycles. The van der Waals surface area contributed by atoms with E-state index in [4.69, 9.17) is 4.74 Å². The van der Waals surface area contributed by atoms with Gasteiger partial charge in [0, 0.05) is 49.5 Å². The Balaban J connectivity index is 1.37. The maximum atomic E-state index is 12.1. The van der Waals surface area contributed by atoms with Crippen molar-refractivity contribution in [2.45, 2.75) is 25.1 Å². The van der Waals surface area contributed by atoms with E-state index in [-0.39, 0.29) is 18.2 Å².